The number of esters is 1. The van der Waals surface area contributed by atoms with E-state index in [0.29, 0.717) is 29.6 Å². The summed E-state index contributed by atoms with van der Waals surface area (Å²) in [6.07, 6.45) is 0. The summed E-state index contributed by atoms with van der Waals surface area (Å²) < 4.78 is 31.6. The van der Waals surface area contributed by atoms with Crippen LogP contribution in [0.15, 0.2) is 36.4 Å². The number of hydrogen-bond acceptors (Lipinski definition) is 8. The molecule has 2 aromatic rings. The van der Waals surface area contributed by atoms with Gasteiger partial charge in [-0.15, -0.1) is 0 Å². The minimum atomic E-state index is -0.587. The van der Waals surface area contributed by atoms with E-state index in [-0.39, 0.29) is 25.3 Å². The molecule has 0 aliphatic rings. The highest BCUT2D eigenvalue weighted by Crippen LogP contribution is 2.38. The molecule has 1 N–H and O–H groups in total. The number of carbonyl (C=O) groups excluding carboxylic acids is 2. The van der Waals surface area contributed by atoms with E-state index in [0.717, 1.165) is 5.75 Å². The maximum absolute atomic E-state index is 12.4. The standard InChI is InChI=1S/C22H27NO8/c1-5-29-16-6-8-17(9-7-16)30-10-11-31-20(24)14-23-22(25)15-12-18(26-2)21(28-4)19(13-15)27-3/h6-9,12-13H,5,10-11,14H2,1-4H3,(H,23,25). The quantitative estimate of drug-likeness (QED) is 0.402. The number of amides is 1. The molecule has 0 fully saturated rings. The van der Waals surface area contributed by atoms with Gasteiger partial charge >= 0.3 is 5.97 Å². The lowest BCUT2D eigenvalue weighted by molar-refractivity contribution is -0.143. The molecule has 2 aromatic carbocycles. The van der Waals surface area contributed by atoms with Gasteiger partial charge in [0.15, 0.2) is 11.5 Å². The minimum Gasteiger partial charge on any atom is -0.494 e. The molecule has 0 spiro atoms. The first-order chi connectivity index (χ1) is 15.0. The van der Waals surface area contributed by atoms with Gasteiger partial charge in [0.1, 0.15) is 31.3 Å². The molecule has 0 aliphatic carbocycles. The van der Waals surface area contributed by atoms with Gasteiger partial charge in [-0.1, -0.05) is 0 Å². The number of carbonyl (C=O) groups is 2. The second kappa shape index (κ2) is 12.2. The Labute approximate surface area is 181 Å². The monoisotopic (exact) mass is 433 g/mol. The topological polar surface area (TPSA) is 102 Å². The van der Waals surface area contributed by atoms with Gasteiger partial charge in [0.25, 0.3) is 5.91 Å². The van der Waals surface area contributed by atoms with Crippen molar-refractivity contribution in [2.45, 2.75) is 6.92 Å². The molecule has 0 aliphatic heterocycles. The van der Waals surface area contributed by atoms with Crippen LogP contribution < -0.4 is 29.0 Å². The van der Waals surface area contributed by atoms with Crippen LogP contribution in [0.5, 0.6) is 28.7 Å². The zero-order chi connectivity index (χ0) is 22.6. The molecule has 0 aromatic heterocycles. The highest BCUT2D eigenvalue weighted by Gasteiger charge is 2.17. The maximum atomic E-state index is 12.4. The van der Waals surface area contributed by atoms with E-state index in [4.69, 9.17) is 28.4 Å². The van der Waals surface area contributed by atoms with Crippen LogP contribution in [0.2, 0.25) is 0 Å². The summed E-state index contributed by atoms with van der Waals surface area (Å²) in [5.41, 5.74) is 0.251. The Kier molecular flexibility index (Phi) is 9.28. The lowest BCUT2D eigenvalue weighted by atomic mass is 10.1. The van der Waals surface area contributed by atoms with E-state index < -0.39 is 11.9 Å². The summed E-state index contributed by atoms with van der Waals surface area (Å²) in [4.78, 5) is 24.2. The minimum absolute atomic E-state index is 0.0477. The summed E-state index contributed by atoms with van der Waals surface area (Å²) in [6, 6.07) is 10.1. The van der Waals surface area contributed by atoms with Crippen LogP contribution in [0.3, 0.4) is 0 Å². The van der Waals surface area contributed by atoms with Crippen molar-refractivity contribution in [3.8, 4) is 28.7 Å². The highest BCUT2D eigenvalue weighted by molar-refractivity contribution is 5.97. The molecule has 31 heavy (non-hydrogen) atoms. The van der Waals surface area contributed by atoms with E-state index in [2.05, 4.69) is 5.32 Å². The first-order valence-corrected chi connectivity index (χ1v) is 9.61. The number of benzene rings is 2. The predicted octanol–water partition coefficient (Wildman–Crippen LogP) is 2.46. The molecular formula is C22H27NO8. The van der Waals surface area contributed by atoms with Crippen LogP contribution in [-0.4, -0.2) is 59.6 Å². The van der Waals surface area contributed by atoms with E-state index in [1.807, 2.05) is 6.92 Å². The van der Waals surface area contributed by atoms with Crippen LogP contribution in [0.25, 0.3) is 0 Å². The Bertz CT molecular complexity index is 841. The molecular weight excluding hydrogens is 406 g/mol. The third-order valence-corrected chi connectivity index (χ3v) is 4.07. The lowest BCUT2D eigenvalue weighted by Crippen LogP contribution is -2.31. The fraction of sp³-hybridized carbons (Fsp3) is 0.364. The number of methoxy groups -OCH3 is 3. The van der Waals surface area contributed by atoms with Crippen molar-refractivity contribution in [2.75, 3.05) is 47.7 Å². The van der Waals surface area contributed by atoms with Gasteiger partial charge in [-0.3, -0.25) is 9.59 Å². The second-order valence-corrected chi connectivity index (χ2v) is 6.07. The summed E-state index contributed by atoms with van der Waals surface area (Å²) in [6.45, 7) is 2.43. The van der Waals surface area contributed by atoms with E-state index in [9.17, 15) is 9.59 Å². The summed E-state index contributed by atoms with van der Waals surface area (Å²) >= 11 is 0. The Balaban J connectivity index is 1.77. The summed E-state index contributed by atoms with van der Waals surface area (Å²) in [7, 11) is 4.37. The number of nitrogens with one attached hydrogen (secondary N) is 1. The van der Waals surface area contributed by atoms with Crippen molar-refractivity contribution in [3.63, 3.8) is 0 Å². The van der Waals surface area contributed by atoms with Gasteiger partial charge < -0.3 is 33.7 Å². The zero-order valence-electron chi connectivity index (χ0n) is 18.1. The largest absolute Gasteiger partial charge is 0.494 e. The van der Waals surface area contributed by atoms with Gasteiger partial charge in [-0.2, -0.15) is 0 Å². The number of rotatable bonds is 12. The van der Waals surface area contributed by atoms with Crippen LogP contribution in [-0.2, 0) is 9.53 Å². The number of hydrogen-bond donors (Lipinski definition) is 1. The average molecular weight is 433 g/mol. The normalized spacial score (nSPS) is 10.1. The van der Waals surface area contributed by atoms with Gasteiger partial charge in [-0.25, -0.2) is 0 Å². The first-order valence-electron chi connectivity index (χ1n) is 9.61. The van der Waals surface area contributed by atoms with Gasteiger partial charge in [0.05, 0.1) is 27.9 Å². The predicted molar refractivity (Wildman–Crippen MR) is 112 cm³/mol. The van der Waals surface area contributed by atoms with Crippen LogP contribution >= 0.6 is 0 Å². The molecule has 168 valence electrons. The van der Waals surface area contributed by atoms with E-state index in [1.165, 1.54) is 33.5 Å². The molecule has 9 nitrogen and oxygen atoms in total. The SMILES string of the molecule is CCOc1ccc(OCCOC(=O)CNC(=O)c2cc(OC)c(OC)c(OC)c2)cc1. The fourth-order valence-corrected chi connectivity index (χ4v) is 2.63. The third kappa shape index (κ3) is 6.98. The van der Waals surface area contributed by atoms with Crippen molar-refractivity contribution in [1.29, 1.82) is 0 Å². The molecule has 0 saturated heterocycles. The Hall–Kier alpha value is -3.62. The van der Waals surface area contributed by atoms with Crippen molar-refractivity contribution >= 4 is 11.9 Å². The maximum Gasteiger partial charge on any atom is 0.325 e. The fourth-order valence-electron chi connectivity index (χ4n) is 2.63. The van der Waals surface area contributed by atoms with Gasteiger partial charge in [0, 0.05) is 5.56 Å². The smallest absolute Gasteiger partial charge is 0.325 e. The van der Waals surface area contributed by atoms with E-state index in [1.54, 1.807) is 24.3 Å². The molecule has 0 atom stereocenters. The zero-order valence-corrected chi connectivity index (χ0v) is 18.1. The van der Waals surface area contributed by atoms with Crippen LogP contribution in [0.1, 0.15) is 17.3 Å². The molecule has 0 heterocycles. The van der Waals surface area contributed by atoms with Crippen molar-refractivity contribution in [2.24, 2.45) is 0 Å². The molecule has 0 radical (unpaired) electrons. The average Bonchev–Trinajstić information content (AvgIpc) is 2.80. The molecule has 0 unspecified atom stereocenters. The summed E-state index contributed by atoms with van der Waals surface area (Å²) in [5.74, 6) is 1.35. The molecule has 0 bridgehead atoms. The van der Waals surface area contributed by atoms with E-state index >= 15 is 0 Å². The first kappa shape index (κ1) is 23.7. The Morgan fingerprint density at radius 3 is 1.94 bits per heavy atom. The molecule has 0 saturated carbocycles. The Morgan fingerprint density at radius 1 is 0.839 bits per heavy atom. The van der Waals surface area contributed by atoms with Gasteiger partial charge in [0.2, 0.25) is 5.75 Å². The number of ether oxygens (including phenoxy) is 6. The van der Waals surface area contributed by atoms with Crippen LogP contribution in [0, 0.1) is 0 Å². The third-order valence-electron chi connectivity index (χ3n) is 4.07. The molecule has 1 amide bonds. The summed E-state index contributed by atoms with van der Waals surface area (Å²) in [5, 5.41) is 2.50. The van der Waals surface area contributed by atoms with Crippen molar-refractivity contribution in [1.82, 2.24) is 5.32 Å². The van der Waals surface area contributed by atoms with Crippen molar-refractivity contribution in [3.05, 3.63) is 42.0 Å². The molecule has 9 heteroatoms. The van der Waals surface area contributed by atoms with Crippen LogP contribution in [0.4, 0.5) is 0 Å². The van der Waals surface area contributed by atoms with Gasteiger partial charge in [-0.05, 0) is 43.3 Å². The second-order valence-electron chi connectivity index (χ2n) is 6.07. The lowest BCUT2D eigenvalue weighted by Gasteiger charge is -2.14. The Morgan fingerprint density at radius 2 is 1.42 bits per heavy atom. The van der Waals surface area contributed by atoms with Crippen molar-refractivity contribution < 1.29 is 38.0 Å². The highest BCUT2D eigenvalue weighted by atomic mass is 16.6. The molecule has 2 rings (SSSR count).